The van der Waals surface area contributed by atoms with Gasteiger partial charge in [-0.05, 0) is 33.1 Å². The highest BCUT2D eigenvalue weighted by molar-refractivity contribution is 5.98. The van der Waals surface area contributed by atoms with E-state index in [1.807, 2.05) is 76.2 Å². The smallest absolute Gasteiger partial charge is 0.337 e. The molecule has 66 heavy (non-hydrogen) atoms. The summed E-state index contributed by atoms with van der Waals surface area (Å²) in [4.78, 5) is 81.0. The fourth-order valence-corrected chi connectivity index (χ4v) is 11.1. The summed E-state index contributed by atoms with van der Waals surface area (Å²) in [6, 6.07) is 0. The van der Waals surface area contributed by atoms with Crippen LogP contribution in [0.1, 0.15) is 109 Å². The van der Waals surface area contributed by atoms with Crippen LogP contribution in [0.15, 0.2) is 38.0 Å². The van der Waals surface area contributed by atoms with E-state index in [0.29, 0.717) is 6.42 Å². The van der Waals surface area contributed by atoms with Gasteiger partial charge in [0.25, 0.3) is 0 Å². The van der Waals surface area contributed by atoms with Crippen LogP contribution in [0.3, 0.4) is 0 Å². The molecule has 11 atom stereocenters. The summed E-state index contributed by atoms with van der Waals surface area (Å²) in [5, 5.41) is 22.1. The van der Waals surface area contributed by atoms with E-state index in [-0.39, 0.29) is 61.7 Å². The molecular formula is C49H77N3O14. The van der Waals surface area contributed by atoms with E-state index in [0.717, 1.165) is 0 Å². The summed E-state index contributed by atoms with van der Waals surface area (Å²) in [5.41, 5.74) is -8.94. The molecule has 0 saturated carbocycles. The molecule has 17 nitrogen and oxygen atoms in total. The van der Waals surface area contributed by atoms with Crippen LogP contribution in [-0.2, 0) is 57.2 Å². The van der Waals surface area contributed by atoms with Crippen molar-refractivity contribution in [2.75, 3.05) is 41.2 Å². The Labute approximate surface area is 391 Å². The minimum absolute atomic E-state index is 0.0484. The summed E-state index contributed by atoms with van der Waals surface area (Å²) >= 11 is 0. The van der Waals surface area contributed by atoms with E-state index in [9.17, 15) is 39.0 Å². The lowest BCUT2D eigenvalue weighted by molar-refractivity contribution is -0.168. The standard InChI is InChI=1S/C17H27NO4.2C16H25NO5/c1-8-9-11-12(19)18-13(15(2,3)4)22-10-17(18,14(20)21-7)16(11,5)6;2*1-7-8-10-11(18)17-12(14(2,3)4)22-9-16(17,13(19)21-6)15(10,5)20/h8,11,13H,1,9-10H2,2-7H3;2*7,10,12,20H,1,8-9H2,2-6H3/t11-,13+,17-;10-,12-,15+,16+;10-,12-,15-,16+/m100/s1. The lowest BCUT2D eigenvalue weighted by Crippen LogP contribution is -2.64. The van der Waals surface area contributed by atoms with Crippen LogP contribution in [0.25, 0.3) is 0 Å². The van der Waals surface area contributed by atoms with Gasteiger partial charge in [0.15, 0.2) is 16.6 Å². The van der Waals surface area contributed by atoms with Crippen LogP contribution >= 0.6 is 0 Å². The molecule has 0 spiro atoms. The van der Waals surface area contributed by atoms with E-state index >= 15 is 0 Å². The van der Waals surface area contributed by atoms with Crippen molar-refractivity contribution in [2.24, 2.45) is 39.4 Å². The van der Waals surface area contributed by atoms with E-state index < -0.39 is 92.5 Å². The number of esters is 3. The van der Waals surface area contributed by atoms with Crippen LogP contribution in [0.5, 0.6) is 0 Å². The average molecular weight is 932 g/mol. The second-order valence-electron chi connectivity index (χ2n) is 22.5. The second kappa shape index (κ2) is 18.1. The SMILES string of the molecule is C=CC[C@@H]1C(=O)N2[C@H](C(C)(C)C)OC[C@@]2(C(=O)OC)C1(C)C.C=CC[C@H]1C(=O)N2[C@H](C(C)(C)C)OC[C@@]2(C(=O)OC)[C@@]1(C)O.C=CC[C@H]1C(=O)N2[C@H](C(C)(C)C)OC[C@@]2(C(=O)OC)[C@]1(C)O. The molecule has 6 aliphatic heterocycles. The molecule has 0 aromatic rings. The number of nitrogens with zero attached hydrogens (tertiary/aromatic N) is 3. The van der Waals surface area contributed by atoms with Gasteiger partial charge in [0.1, 0.15) is 29.9 Å². The highest BCUT2D eigenvalue weighted by Crippen LogP contribution is 2.58. The number of aliphatic hydroxyl groups is 2. The molecule has 17 heteroatoms. The van der Waals surface area contributed by atoms with Crippen LogP contribution in [0.4, 0.5) is 0 Å². The van der Waals surface area contributed by atoms with Crippen molar-refractivity contribution in [3.63, 3.8) is 0 Å². The Hall–Kier alpha value is -4.16. The largest absolute Gasteiger partial charge is 0.467 e. The van der Waals surface area contributed by atoms with Gasteiger partial charge in [-0.2, -0.15) is 0 Å². The van der Waals surface area contributed by atoms with Crippen molar-refractivity contribution < 1.29 is 67.4 Å². The normalized spacial score (nSPS) is 36.6. The summed E-state index contributed by atoms with van der Waals surface area (Å²) in [5.74, 6) is -4.11. The van der Waals surface area contributed by atoms with E-state index in [4.69, 9.17) is 28.4 Å². The molecule has 0 radical (unpaired) electrons. The van der Waals surface area contributed by atoms with Gasteiger partial charge in [-0.15, -0.1) is 19.7 Å². The fourth-order valence-electron chi connectivity index (χ4n) is 11.1. The zero-order chi connectivity index (χ0) is 50.8. The van der Waals surface area contributed by atoms with Crippen LogP contribution in [0, 0.1) is 39.4 Å². The predicted molar refractivity (Wildman–Crippen MR) is 242 cm³/mol. The van der Waals surface area contributed by atoms with Gasteiger partial charge in [0, 0.05) is 27.6 Å². The van der Waals surface area contributed by atoms with Gasteiger partial charge in [-0.3, -0.25) is 29.1 Å². The molecule has 0 aromatic heterocycles. The quantitative estimate of drug-likeness (QED) is 0.185. The highest BCUT2D eigenvalue weighted by atomic mass is 16.6. The fraction of sp³-hybridized carbons (Fsp3) is 0.755. The number of amides is 3. The topological polar surface area (TPSA) is 208 Å². The van der Waals surface area contributed by atoms with Crippen molar-refractivity contribution in [2.45, 2.75) is 156 Å². The minimum Gasteiger partial charge on any atom is -0.467 e. The second-order valence-corrected chi connectivity index (χ2v) is 22.5. The molecule has 6 rings (SSSR count). The van der Waals surface area contributed by atoms with Crippen molar-refractivity contribution in [3.05, 3.63) is 38.0 Å². The van der Waals surface area contributed by atoms with Gasteiger partial charge in [-0.1, -0.05) is 94.4 Å². The number of carbonyl (C=O) groups is 6. The number of hydrogen-bond acceptors (Lipinski definition) is 14. The molecular weight excluding hydrogens is 855 g/mol. The van der Waals surface area contributed by atoms with Gasteiger partial charge in [-0.25, -0.2) is 14.4 Å². The highest BCUT2D eigenvalue weighted by Gasteiger charge is 2.77. The molecule has 0 bridgehead atoms. The summed E-state index contributed by atoms with van der Waals surface area (Å²) in [6.07, 6.45) is 4.39. The number of hydrogen-bond donors (Lipinski definition) is 2. The molecule has 6 saturated heterocycles. The molecule has 2 N–H and O–H groups in total. The molecule has 6 heterocycles. The molecule has 0 aliphatic carbocycles. The van der Waals surface area contributed by atoms with E-state index in [1.54, 1.807) is 23.1 Å². The van der Waals surface area contributed by atoms with Crippen molar-refractivity contribution in [1.82, 2.24) is 14.7 Å². The maximum absolute atomic E-state index is 13.1. The van der Waals surface area contributed by atoms with Crippen LogP contribution < -0.4 is 0 Å². The molecule has 3 amide bonds. The van der Waals surface area contributed by atoms with Gasteiger partial charge < -0.3 is 38.6 Å². The van der Waals surface area contributed by atoms with Gasteiger partial charge in [0.05, 0.1) is 53.0 Å². The zero-order valence-corrected chi connectivity index (χ0v) is 42.2. The summed E-state index contributed by atoms with van der Waals surface area (Å²) in [6.45, 7) is 35.5. The zero-order valence-electron chi connectivity index (χ0n) is 42.2. The molecule has 6 fully saturated rings. The number of fused-ring (bicyclic) bond motifs is 3. The Morgan fingerprint density at radius 3 is 1.06 bits per heavy atom. The summed E-state index contributed by atoms with van der Waals surface area (Å²) in [7, 11) is 3.86. The van der Waals surface area contributed by atoms with E-state index in [2.05, 4.69) is 19.7 Å². The molecule has 6 aliphatic rings. The number of methoxy groups -OCH3 is 3. The third kappa shape index (κ3) is 7.72. The first-order chi connectivity index (χ1) is 30.2. The average Bonchev–Trinajstić information content (AvgIpc) is 4.03. The predicted octanol–water partition coefficient (Wildman–Crippen LogP) is 4.53. The Bertz CT molecular complexity index is 1740. The first-order valence-electron chi connectivity index (χ1n) is 22.5. The molecule has 0 unspecified atom stereocenters. The first-order valence-corrected chi connectivity index (χ1v) is 22.5. The number of carbonyl (C=O) groups excluding carboxylic acids is 6. The maximum atomic E-state index is 13.1. The number of allylic oxidation sites excluding steroid dienone is 3. The van der Waals surface area contributed by atoms with Crippen molar-refractivity contribution >= 4 is 35.6 Å². The van der Waals surface area contributed by atoms with Gasteiger partial charge in [0.2, 0.25) is 17.7 Å². The Balaban J connectivity index is 0.000000216. The first kappa shape index (κ1) is 54.4. The van der Waals surface area contributed by atoms with Crippen molar-refractivity contribution in [3.8, 4) is 0 Å². The number of rotatable bonds is 9. The maximum Gasteiger partial charge on any atom is 0.337 e. The molecule has 372 valence electrons. The van der Waals surface area contributed by atoms with Gasteiger partial charge >= 0.3 is 17.9 Å². The lowest BCUT2D eigenvalue weighted by Gasteiger charge is -2.41. The van der Waals surface area contributed by atoms with Crippen LogP contribution in [-0.4, -0.2) is 148 Å². The minimum atomic E-state index is -1.59. The van der Waals surface area contributed by atoms with E-state index in [1.165, 1.54) is 45.0 Å². The third-order valence-corrected chi connectivity index (χ3v) is 14.9. The number of ether oxygens (including phenoxy) is 6. The Kier molecular flexibility index (Phi) is 14.9. The lowest BCUT2D eigenvalue weighted by atomic mass is 9.67. The molecule has 0 aromatic carbocycles. The monoisotopic (exact) mass is 932 g/mol. The van der Waals surface area contributed by atoms with Crippen LogP contribution in [0.2, 0.25) is 0 Å². The Morgan fingerprint density at radius 2 is 0.788 bits per heavy atom. The summed E-state index contributed by atoms with van der Waals surface area (Å²) < 4.78 is 32.3. The Morgan fingerprint density at radius 1 is 0.545 bits per heavy atom. The van der Waals surface area contributed by atoms with Crippen molar-refractivity contribution in [1.29, 1.82) is 0 Å². The third-order valence-electron chi connectivity index (χ3n) is 14.9.